The first-order valence-corrected chi connectivity index (χ1v) is 9.24. The standard InChI is InChI=1S/C18H25ClN6.HI/c1-20-18(22-13-14-6-5-7-15(19)12-14)21-10-9-17-24-23-16-8-3-2-4-11-25(16)17;/h5-7,12H,2-4,8-11,13H2,1H3,(H2,20,21,22);1H. The maximum Gasteiger partial charge on any atom is 0.191 e. The minimum Gasteiger partial charge on any atom is -0.356 e. The van der Waals surface area contributed by atoms with Crippen LogP contribution in [0.25, 0.3) is 0 Å². The molecule has 26 heavy (non-hydrogen) atoms. The average Bonchev–Trinajstić information content (AvgIpc) is 2.85. The van der Waals surface area contributed by atoms with Gasteiger partial charge >= 0.3 is 0 Å². The lowest BCUT2D eigenvalue weighted by atomic mass is 10.2. The fraction of sp³-hybridized carbons (Fsp3) is 0.500. The highest BCUT2D eigenvalue weighted by atomic mass is 127. The van der Waals surface area contributed by atoms with Crippen molar-refractivity contribution < 1.29 is 0 Å². The number of nitrogens with zero attached hydrogens (tertiary/aromatic N) is 4. The van der Waals surface area contributed by atoms with Crippen LogP contribution in [0, 0.1) is 0 Å². The topological polar surface area (TPSA) is 67.1 Å². The molecule has 0 spiro atoms. The molecule has 8 heteroatoms. The van der Waals surface area contributed by atoms with Gasteiger partial charge in [0.05, 0.1) is 0 Å². The van der Waals surface area contributed by atoms with Gasteiger partial charge < -0.3 is 15.2 Å². The van der Waals surface area contributed by atoms with Crippen molar-refractivity contribution >= 4 is 41.5 Å². The highest BCUT2D eigenvalue weighted by Crippen LogP contribution is 2.14. The van der Waals surface area contributed by atoms with E-state index in [1.165, 1.54) is 19.3 Å². The number of halogens is 2. The summed E-state index contributed by atoms with van der Waals surface area (Å²) in [5.41, 5.74) is 1.12. The molecule has 0 saturated carbocycles. The van der Waals surface area contributed by atoms with Gasteiger partial charge in [0, 0.05) is 44.5 Å². The third kappa shape index (κ3) is 5.84. The molecule has 1 aliphatic rings. The van der Waals surface area contributed by atoms with Gasteiger partial charge in [0.1, 0.15) is 11.6 Å². The zero-order valence-corrected chi connectivity index (χ0v) is 18.1. The van der Waals surface area contributed by atoms with E-state index in [-0.39, 0.29) is 24.0 Å². The van der Waals surface area contributed by atoms with Crippen LogP contribution in [-0.2, 0) is 25.9 Å². The Morgan fingerprint density at radius 3 is 2.92 bits per heavy atom. The fourth-order valence-electron chi connectivity index (χ4n) is 3.08. The number of fused-ring (bicyclic) bond motifs is 1. The monoisotopic (exact) mass is 488 g/mol. The van der Waals surface area contributed by atoms with Gasteiger partial charge in [0.15, 0.2) is 5.96 Å². The number of nitrogens with one attached hydrogen (secondary N) is 2. The van der Waals surface area contributed by atoms with Crippen molar-refractivity contribution in [3.63, 3.8) is 0 Å². The van der Waals surface area contributed by atoms with Crippen molar-refractivity contribution in [2.75, 3.05) is 13.6 Å². The first-order chi connectivity index (χ1) is 12.3. The van der Waals surface area contributed by atoms with Crippen LogP contribution in [0.3, 0.4) is 0 Å². The molecular formula is C18H26ClIN6. The number of hydrogen-bond acceptors (Lipinski definition) is 3. The first kappa shape index (κ1) is 21.0. The van der Waals surface area contributed by atoms with E-state index in [1.54, 1.807) is 7.05 Å². The van der Waals surface area contributed by atoms with Gasteiger partial charge in [-0.15, -0.1) is 34.2 Å². The predicted octanol–water partition coefficient (Wildman–Crippen LogP) is 3.18. The molecule has 2 heterocycles. The summed E-state index contributed by atoms with van der Waals surface area (Å²) < 4.78 is 2.29. The van der Waals surface area contributed by atoms with E-state index in [1.807, 2.05) is 24.3 Å². The molecule has 142 valence electrons. The molecule has 1 aromatic heterocycles. The Balaban J connectivity index is 0.00000243. The van der Waals surface area contributed by atoms with Crippen molar-refractivity contribution in [1.29, 1.82) is 0 Å². The summed E-state index contributed by atoms with van der Waals surface area (Å²) in [6.07, 6.45) is 5.60. The number of aromatic nitrogens is 3. The average molecular weight is 489 g/mol. The molecule has 2 N–H and O–H groups in total. The Kier molecular flexibility index (Phi) is 8.64. The van der Waals surface area contributed by atoms with Gasteiger partial charge in [0.2, 0.25) is 0 Å². The van der Waals surface area contributed by atoms with Gasteiger partial charge in [-0.1, -0.05) is 30.2 Å². The van der Waals surface area contributed by atoms with Gasteiger partial charge in [0.25, 0.3) is 0 Å². The number of hydrogen-bond donors (Lipinski definition) is 2. The molecule has 0 bridgehead atoms. The van der Waals surface area contributed by atoms with Gasteiger partial charge in [-0.05, 0) is 30.5 Å². The Morgan fingerprint density at radius 2 is 2.12 bits per heavy atom. The normalized spacial score (nSPS) is 14.2. The lowest BCUT2D eigenvalue weighted by Crippen LogP contribution is -2.38. The van der Waals surface area contributed by atoms with Crippen molar-refractivity contribution in [2.24, 2.45) is 4.99 Å². The Labute approximate surface area is 176 Å². The fourth-order valence-corrected chi connectivity index (χ4v) is 3.29. The summed E-state index contributed by atoms with van der Waals surface area (Å²) >= 11 is 6.02. The second-order valence-corrected chi connectivity index (χ2v) is 6.66. The van der Waals surface area contributed by atoms with Gasteiger partial charge in [-0.3, -0.25) is 4.99 Å². The molecule has 0 atom stereocenters. The summed E-state index contributed by atoms with van der Waals surface area (Å²) in [6.45, 7) is 2.49. The smallest absolute Gasteiger partial charge is 0.191 e. The molecule has 0 aliphatic carbocycles. The van der Waals surface area contributed by atoms with E-state index in [0.717, 1.165) is 54.1 Å². The van der Waals surface area contributed by atoms with Crippen molar-refractivity contribution in [2.45, 2.75) is 45.2 Å². The van der Waals surface area contributed by atoms with Gasteiger partial charge in [-0.2, -0.15) is 0 Å². The number of aryl methyl sites for hydroxylation is 1. The number of benzene rings is 1. The highest BCUT2D eigenvalue weighted by Gasteiger charge is 2.14. The van der Waals surface area contributed by atoms with Crippen LogP contribution < -0.4 is 10.6 Å². The van der Waals surface area contributed by atoms with Gasteiger partial charge in [-0.25, -0.2) is 0 Å². The molecule has 0 fully saturated rings. The summed E-state index contributed by atoms with van der Waals surface area (Å²) in [4.78, 5) is 4.27. The van der Waals surface area contributed by atoms with Crippen LogP contribution in [0.2, 0.25) is 5.02 Å². The Hall–Kier alpha value is -1.35. The minimum atomic E-state index is 0. The molecule has 1 aliphatic heterocycles. The van der Waals surface area contributed by atoms with Crippen LogP contribution in [-0.4, -0.2) is 34.3 Å². The largest absolute Gasteiger partial charge is 0.356 e. The van der Waals surface area contributed by atoms with E-state index in [0.29, 0.717) is 6.54 Å². The lowest BCUT2D eigenvalue weighted by Gasteiger charge is -2.12. The summed E-state index contributed by atoms with van der Waals surface area (Å²) in [6, 6.07) is 7.82. The Bertz CT molecular complexity index is 730. The number of rotatable bonds is 5. The van der Waals surface area contributed by atoms with Crippen LogP contribution in [0.4, 0.5) is 0 Å². The SMILES string of the molecule is CN=C(NCCc1nnc2n1CCCCC2)NCc1cccc(Cl)c1.I. The number of aliphatic imine (C=N–C) groups is 1. The van der Waals surface area contributed by atoms with E-state index >= 15 is 0 Å². The predicted molar refractivity (Wildman–Crippen MR) is 116 cm³/mol. The zero-order chi connectivity index (χ0) is 17.5. The van der Waals surface area contributed by atoms with Crippen molar-refractivity contribution in [3.05, 3.63) is 46.5 Å². The summed E-state index contributed by atoms with van der Waals surface area (Å²) in [7, 11) is 1.77. The molecule has 0 radical (unpaired) electrons. The highest BCUT2D eigenvalue weighted by molar-refractivity contribution is 14.0. The van der Waals surface area contributed by atoms with E-state index < -0.39 is 0 Å². The maximum atomic E-state index is 6.02. The second-order valence-electron chi connectivity index (χ2n) is 6.23. The maximum absolute atomic E-state index is 6.02. The first-order valence-electron chi connectivity index (χ1n) is 8.86. The Morgan fingerprint density at radius 1 is 1.23 bits per heavy atom. The van der Waals surface area contributed by atoms with Crippen molar-refractivity contribution in [3.8, 4) is 0 Å². The van der Waals surface area contributed by atoms with E-state index in [9.17, 15) is 0 Å². The van der Waals surface area contributed by atoms with Crippen LogP contribution in [0.15, 0.2) is 29.3 Å². The van der Waals surface area contributed by atoms with Crippen molar-refractivity contribution in [1.82, 2.24) is 25.4 Å². The number of guanidine groups is 1. The van der Waals surface area contributed by atoms with E-state index in [4.69, 9.17) is 11.6 Å². The molecule has 6 nitrogen and oxygen atoms in total. The molecular weight excluding hydrogens is 463 g/mol. The zero-order valence-electron chi connectivity index (χ0n) is 15.0. The quantitative estimate of drug-likeness (QED) is 0.385. The third-order valence-corrected chi connectivity index (χ3v) is 4.63. The molecule has 0 amide bonds. The molecule has 0 unspecified atom stereocenters. The summed E-state index contributed by atoms with van der Waals surface area (Å²) in [5, 5.41) is 16.1. The van der Waals surface area contributed by atoms with Crippen LogP contribution in [0.5, 0.6) is 0 Å². The van der Waals surface area contributed by atoms with Crippen LogP contribution in [0.1, 0.15) is 36.5 Å². The molecule has 0 saturated heterocycles. The van der Waals surface area contributed by atoms with E-state index in [2.05, 4.69) is 30.4 Å². The second kappa shape index (κ2) is 10.7. The molecule has 3 rings (SSSR count). The molecule has 1 aromatic carbocycles. The third-order valence-electron chi connectivity index (χ3n) is 4.40. The van der Waals surface area contributed by atoms with Crippen LogP contribution >= 0.6 is 35.6 Å². The molecule has 2 aromatic rings. The minimum absolute atomic E-state index is 0. The lowest BCUT2D eigenvalue weighted by molar-refractivity contribution is 0.600. The summed E-state index contributed by atoms with van der Waals surface area (Å²) in [5.74, 6) is 2.97.